The van der Waals surface area contributed by atoms with Crippen LogP contribution in [0.4, 0.5) is 39.9 Å². The summed E-state index contributed by atoms with van der Waals surface area (Å²) in [6, 6.07) is 8.82. The predicted molar refractivity (Wildman–Crippen MR) is 122 cm³/mol. The van der Waals surface area contributed by atoms with E-state index in [1.807, 2.05) is 0 Å². The molecule has 0 aliphatic heterocycles. The van der Waals surface area contributed by atoms with Crippen molar-refractivity contribution in [2.24, 2.45) is 0 Å². The highest BCUT2D eigenvalue weighted by atomic mass is 19.4. The second-order valence-corrected chi connectivity index (χ2v) is 8.51. The molecule has 3 rings (SSSR count). The van der Waals surface area contributed by atoms with Crippen LogP contribution in [0.15, 0.2) is 66.7 Å². The Kier molecular flexibility index (Phi) is 8.23. The van der Waals surface area contributed by atoms with Crippen molar-refractivity contribution in [1.82, 2.24) is 10.6 Å². The molecule has 0 heterocycles. The van der Waals surface area contributed by atoms with Crippen LogP contribution in [0, 0.1) is 11.6 Å². The zero-order valence-electron chi connectivity index (χ0n) is 20.0. The van der Waals surface area contributed by atoms with Crippen LogP contribution in [-0.4, -0.2) is 25.4 Å². The predicted octanol–water partition coefficient (Wildman–Crippen LogP) is 6.73. The van der Waals surface area contributed by atoms with Gasteiger partial charge in [-0.2, -0.15) is 26.3 Å². The van der Waals surface area contributed by atoms with Crippen LogP contribution in [0.2, 0.25) is 0 Å². The largest absolute Gasteiger partial charge is 0.494 e. The minimum absolute atomic E-state index is 0.0758. The summed E-state index contributed by atoms with van der Waals surface area (Å²) in [6.07, 6.45) is -10.2. The summed E-state index contributed by atoms with van der Waals surface area (Å²) in [5.41, 5.74) is -3.62. The smallest absolute Gasteiger partial charge is 0.416 e. The first-order valence-electron chi connectivity index (χ1n) is 11.1. The lowest BCUT2D eigenvalue weighted by Gasteiger charge is -2.37. The molecule has 2 atom stereocenters. The zero-order valence-corrected chi connectivity index (χ0v) is 20.0. The first kappa shape index (κ1) is 28.7. The maximum Gasteiger partial charge on any atom is 0.416 e. The normalized spacial score (nSPS) is 14.4. The number of hydrogen-bond donors (Lipinski definition) is 2. The minimum atomic E-state index is -5.00. The topological polar surface area (TPSA) is 50.4 Å². The Hall–Kier alpha value is -3.83. The van der Waals surface area contributed by atoms with Gasteiger partial charge in [0.05, 0.1) is 18.2 Å². The fourth-order valence-electron chi connectivity index (χ4n) is 3.89. The molecular formula is C26H22F8N2O2. The monoisotopic (exact) mass is 546 g/mol. The number of methoxy groups -OCH3 is 1. The fourth-order valence-corrected chi connectivity index (χ4v) is 3.89. The number of hydrogen-bond acceptors (Lipinski definition) is 2. The number of benzene rings is 3. The molecule has 0 radical (unpaired) electrons. The summed E-state index contributed by atoms with van der Waals surface area (Å²) in [7, 11) is 1.12. The Bertz CT molecular complexity index is 1280. The van der Waals surface area contributed by atoms with Gasteiger partial charge < -0.3 is 15.4 Å². The van der Waals surface area contributed by atoms with Crippen molar-refractivity contribution in [3.05, 3.63) is 101 Å². The highest BCUT2D eigenvalue weighted by molar-refractivity contribution is 5.76. The van der Waals surface area contributed by atoms with Crippen LogP contribution in [0.3, 0.4) is 0 Å². The molecule has 0 bridgehead atoms. The number of nitrogens with one attached hydrogen (secondary N) is 2. The lowest BCUT2D eigenvalue weighted by molar-refractivity contribution is -0.148. The van der Waals surface area contributed by atoms with Gasteiger partial charge in [-0.15, -0.1) is 0 Å². The number of alkyl halides is 6. The van der Waals surface area contributed by atoms with E-state index in [-0.39, 0.29) is 23.8 Å². The summed E-state index contributed by atoms with van der Waals surface area (Å²) in [5.74, 6) is -2.53. The molecule has 0 fully saturated rings. The third-order valence-electron chi connectivity index (χ3n) is 5.84. The van der Waals surface area contributed by atoms with E-state index >= 15 is 0 Å². The van der Waals surface area contributed by atoms with Crippen molar-refractivity contribution in [2.75, 3.05) is 7.11 Å². The molecule has 4 nitrogen and oxygen atoms in total. The second kappa shape index (κ2) is 10.9. The van der Waals surface area contributed by atoms with Crippen LogP contribution in [0.5, 0.6) is 5.75 Å². The molecule has 0 unspecified atom stereocenters. The van der Waals surface area contributed by atoms with E-state index in [1.165, 1.54) is 0 Å². The summed E-state index contributed by atoms with van der Waals surface area (Å²) in [5, 5.41) is 4.03. The Morgan fingerprint density at radius 2 is 1.50 bits per heavy atom. The Morgan fingerprint density at radius 3 is 2.08 bits per heavy atom. The molecule has 0 aromatic heterocycles. The fraction of sp³-hybridized carbons (Fsp3) is 0.269. The van der Waals surface area contributed by atoms with Crippen LogP contribution in [0.25, 0.3) is 0 Å². The zero-order chi connectivity index (χ0) is 28.3. The SMILES string of the molecule is COc1cc([C@@](Cc2ccccc2)(NC(=O)N[C@H](C)C(F)(F)F)c2cc(F)cc(C(F)(F)F)c2)ccc1F. The molecule has 2 N–H and O–H groups in total. The molecule has 3 aromatic rings. The lowest BCUT2D eigenvalue weighted by Crippen LogP contribution is -2.55. The van der Waals surface area contributed by atoms with Crippen LogP contribution >= 0.6 is 0 Å². The molecule has 204 valence electrons. The minimum Gasteiger partial charge on any atom is -0.494 e. The van der Waals surface area contributed by atoms with Crippen LogP contribution in [0.1, 0.15) is 29.2 Å². The third kappa shape index (κ3) is 6.53. The molecule has 3 aromatic carbocycles. The molecular weight excluding hydrogens is 524 g/mol. The summed E-state index contributed by atoms with van der Waals surface area (Å²) < 4.78 is 114. The van der Waals surface area contributed by atoms with E-state index < -0.39 is 52.7 Å². The Labute approximate surface area is 212 Å². The van der Waals surface area contributed by atoms with Gasteiger partial charge in [-0.1, -0.05) is 36.4 Å². The van der Waals surface area contributed by atoms with E-state index in [2.05, 4.69) is 5.32 Å². The molecule has 0 aliphatic rings. The molecule has 0 aliphatic carbocycles. The number of rotatable bonds is 7. The molecule has 38 heavy (non-hydrogen) atoms. The maximum atomic E-state index is 14.6. The first-order chi connectivity index (χ1) is 17.7. The number of carbonyl (C=O) groups is 1. The van der Waals surface area contributed by atoms with Gasteiger partial charge in [-0.3, -0.25) is 0 Å². The molecule has 12 heteroatoms. The first-order valence-corrected chi connectivity index (χ1v) is 11.1. The van der Waals surface area contributed by atoms with E-state index in [4.69, 9.17) is 4.74 Å². The van der Waals surface area contributed by atoms with Gasteiger partial charge in [0.15, 0.2) is 11.6 Å². The Balaban J connectivity index is 2.32. The van der Waals surface area contributed by atoms with Gasteiger partial charge >= 0.3 is 18.4 Å². The van der Waals surface area contributed by atoms with Crippen molar-refractivity contribution in [3.8, 4) is 5.75 Å². The van der Waals surface area contributed by atoms with Gasteiger partial charge in [0, 0.05) is 6.42 Å². The van der Waals surface area contributed by atoms with Crippen LogP contribution in [-0.2, 0) is 18.1 Å². The Morgan fingerprint density at radius 1 is 0.868 bits per heavy atom. The molecule has 2 amide bonds. The standard InChI is InChI=1S/C26H22F8N2O2/c1-15(25(29,30)31)35-23(37)36-24(14-16-6-4-3-5-7-16,17-8-9-21(28)22(13-17)38-2)18-10-19(26(32,33)34)12-20(27)11-18/h3-13,15H,14H2,1-2H3,(H2,35,36,37)/t15-,24-/m1/s1. The van der Waals surface area contributed by atoms with E-state index in [0.29, 0.717) is 18.6 Å². The van der Waals surface area contributed by atoms with Gasteiger partial charge in [0.1, 0.15) is 11.9 Å². The molecule has 0 saturated heterocycles. The van der Waals surface area contributed by atoms with E-state index in [9.17, 15) is 39.9 Å². The number of amides is 2. The second-order valence-electron chi connectivity index (χ2n) is 8.51. The van der Waals surface area contributed by atoms with Gasteiger partial charge in [0.2, 0.25) is 0 Å². The quantitative estimate of drug-likeness (QED) is 0.323. The van der Waals surface area contributed by atoms with Crippen molar-refractivity contribution in [2.45, 2.75) is 37.3 Å². The highest BCUT2D eigenvalue weighted by Crippen LogP contribution is 2.39. The summed E-state index contributed by atoms with van der Waals surface area (Å²) in [6.45, 7) is 0.670. The molecule has 0 spiro atoms. The van der Waals surface area contributed by atoms with Crippen molar-refractivity contribution in [1.29, 1.82) is 0 Å². The third-order valence-corrected chi connectivity index (χ3v) is 5.84. The number of carbonyl (C=O) groups excluding carboxylic acids is 1. The average Bonchev–Trinajstić information content (AvgIpc) is 2.83. The van der Waals surface area contributed by atoms with Gasteiger partial charge in [-0.05, 0) is 53.9 Å². The van der Waals surface area contributed by atoms with Crippen molar-refractivity contribution < 1.29 is 44.7 Å². The van der Waals surface area contributed by atoms with Crippen LogP contribution < -0.4 is 15.4 Å². The lowest BCUT2D eigenvalue weighted by atomic mass is 9.77. The number of halogens is 8. The van der Waals surface area contributed by atoms with Crippen molar-refractivity contribution >= 4 is 6.03 Å². The molecule has 0 saturated carbocycles. The van der Waals surface area contributed by atoms with Gasteiger partial charge in [-0.25, -0.2) is 13.6 Å². The summed E-state index contributed by atoms with van der Waals surface area (Å²) in [4.78, 5) is 12.9. The van der Waals surface area contributed by atoms with Gasteiger partial charge in [0.25, 0.3) is 0 Å². The number of ether oxygens (including phenoxy) is 1. The van der Waals surface area contributed by atoms with E-state index in [1.54, 1.807) is 35.6 Å². The maximum absolute atomic E-state index is 14.6. The average molecular weight is 546 g/mol. The number of urea groups is 1. The highest BCUT2D eigenvalue weighted by Gasteiger charge is 2.42. The van der Waals surface area contributed by atoms with E-state index in [0.717, 1.165) is 31.4 Å². The van der Waals surface area contributed by atoms with Crippen molar-refractivity contribution in [3.63, 3.8) is 0 Å². The summed E-state index contributed by atoms with van der Waals surface area (Å²) >= 11 is 0.